The van der Waals surface area contributed by atoms with Gasteiger partial charge in [-0.15, -0.1) is 0 Å². The molecule has 0 aliphatic carbocycles. The monoisotopic (exact) mass is 321 g/mol. The van der Waals surface area contributed by atoms with Crippen LogP contribution in [0, 0.1) is 5.82 Å². The molecule has 3 amide bonds. The summed E-state index contributed by atoms with van der Waals surface area (Å²) in [7, 11) is 2.97. The predicted octanol–water partition coefficient (Wildman–Crippen LogP) is 0.806. The lowest BCUT2D eigenvalue weighted by Gasteiger charge is -2.27. The van der Waals surface area contributed by atoms with E-state index >= 15 is 0 Å². The van der Waals surface area contributed by atoms with Gasteiger partial charge in [-0.25, -0.2) is 9.18 Å². The quantitative estimate of drug-likeness (QED) is 0.874. The summed E-state index contributed by atoms with van der Waals surface area (Å²) >= 11 is 0. The minimum absolute atomic E-state index is 0.0193. The lowest BCUT2D eigenvalue weighted by Crippen LogP contribution is -2.35. The smallest absolute Gasteiger partial charge is 0.415 e. The van der Waals surface area contributed by atoms with Crippen molar-refractivity contribution in [1.82, 2.24) is 5.32 Å². The minimum Gasteiger partial charge on any atom is -0.434 e. The van der Waals surface area contributed by atoms with Gasteiger partial charge >= 0.3 is 6.09 Å². The number of aryl methyl sites for hydroxylation is 1. The normalized spacial score (nSPS) is 20.4. The number of likely N-dealkylation sites (N-methyl/N-ethyl adjacent to an activating group) is 1. The van der Waals surface area contributed by atoms with E-state index in [9.17, 15) is 18.8 Å². The summed E-state index contributed by atoms with van der Waals surface area (Å²) in [6.45, 7) is 0.0193. The van der Waals surface area contributed by atoms with E-state index in [0.29, 0.717) is 17.7 Å². The largest absolute Gasteiger partial charge is 0.434 e. The van der Waals surface area contributed by atoms with Crippen LogP contribution in [0.5, 0.6) is 0 Å². The number of rotatable bonds is 2. The van der Waals surface area contributed by atoms with Crippen LogP contribution in [0.2, 0.25) is 0 Å². The molecule has 1 aromatic carbocycles. The van der Waals surface area contributed by atoms with E-state index in [-0.39, 0.29) is 24.6 Å². The Morgan fingerprint density at radius 1 is 1.35 bits per heavy atom. The second-order valence-electron chi connectivity index (χ2n) is 5.49. The van der Waals surface area contributed by atoms with Crippen molar-refractivity contribution in [2.24, 2.45) is 0 Å². The average Bonchev–Trinajstić information content (AvgIpc) is 2.91. The van der Waals surface area contributed by atoms with Crippen LogP contribution >= 0.6 is 0 Å². The van der Waals surface area contributed by atoms with Crippen LogP contribution in [-0.2, 0) is 20.7 Å². The lowest BCUT2D eigenvalue weighted by molar-refractivity contribution is -0.127. The third-order valence-corrected chi connectivity index (χ3v) is 4.11. The molecule has 0 spiro atoms. The van der Waals surface area contributed by atoms with Crippen LogP contribution in [0.25, 0.3) is 0 Å². The lowest BCUT2D eigenvalue weighted by atomic mass is 10.00. The van der Waals surface area contributed by atoms with Gasteiger partial charge in [-0.1, -0.05) is 0 Å². The first kappa shape index (κ1) is 15.3. The number of cyclic esters (lactones) is 1. The molecule has 1 N–H and O–H groups in total. The molecule has 0 saturated carbocycles. The number of hydrogen-bond donors (Lipinski definition) is 1. The van der Waals surface area contributed by atoms with Crippen molar-refractivity contribution in [2.45, 2.75) is 18.9 Å². The molecule has 1 saturated heterocycles. The molecule has 0 unspecified atom stereocenters. The molecule has 1 atom stereocenters. The van der Waals surface area contributed by atoms with Crippen LogP contribution in [0.3, 0.4) is 0 Å². The van der Waals surface area contributed by atoms with E-state index in [0.717, 1.165) is 0 Å². The molecular formula is C15H16FN3O4. The second kappa shape index (κ2) is 5.53. The number of fused-ring (bicyclic) bond motifs is 1. The molecule has 122 valence electrons. The number of hydrogen-bond acceptors (Lipinski definition) is 4. The summed E-state index contributed by atoms with van der Waals surface area (Å²) in [5.74, 6) is -1.14. The van der Waals surface area contributed by atoms with E-state index in [1.54, 1.807) is 6.07 Å². The Morgan fingerprint density at radius 2 is 2.09 bits per heavy atom. The first-order valence-corrected chi connectivity index (χ1v) is 7.21. The summed E-state index contributed by atoms with van der Waals surface area (Å²) in [5, 5.41) is 2.41. The van der Waals surface area contributed by atoms with Crippen LogP contribution in [0.1, 0.15) is 12.0 Å². The Morgan fingerprint density at radius 3 is 2.78 bits per heavy atom. The average molecular weight is 321 g/mol. The topological polar surface area (TPSA) is 79.0 Å². The number of carbonyl (C=O) groups excluding carboxylic acids is 3. The van der Waals surface area contributed by atoms with Crippen molar-refractivity contribution in [1.29, 1.82) is 0 Å². The van der Waals surface area contributed by atoms with Crippen molar-refractivity contribution in [3.05, 3.63) is 23.5 Å². The molecule has 3 rings (SSSR count). The summed E-state index contributed by atoms with van der Waals surface area (Å²) in [6.07, 6.45) is -0.919. The maximum Gasteiger partial charge on any atom is 0.415 e. The van der Waals surface area contributed by atoms with E-state index < -0.39 is 23.9 Å². The Bertz CT molecular complexity index is 706. The summed E-state index contributed by atoms with van der Waals surface area (Å²) in [5.41, 5.74) is 1.21. The number of anilines is 2. The summed E-state index contributed by atoms with van der Waals surface area (Å²) < 4.78 is 19.4. The third-order valence-electron chi connectivity index (χ3n) is 4.11. The number of halogens is 1. The fourth-order valence-electron chi connectivity index (χ4n) is 2.87. The maximum absolute atomic E-state index is 14.4. The number of ether oxygens (including phenoxy) is 1. The number of carbonyl (C=O) groups is 3. The van der Waals surface area contributed by atoms with Crippen molar-refractivity contribution in [3.8, 4) is 0 Å². The Balaban J connectivity index is 1.93. The third kappa shape index (κ3) is 2.49. The molecule has 2 heterocycles. The Hall–Kier alpha value is -2.64. The van der Waals surface area contributed by atoms with Gasteiger partial charge in [0.05, 0.1) is 17.9 Å². The minimum atomic E-state index is -0.921. The molecular weight excluding hydrogens is 305 g/mol. The molecule has 2 aliphatic heterocycles. The number of nitrogens with one attached hydrogen (secondary N) is 1. The van der Waals surface area contributed by atoms with Crippen LogP contribution in [0.15, 0.2) is 12.1 Å². The van der Waals surface area contributed by atoms with Crippen LogP contribution < -0.4 is 15.1 Å². The molecule has 0 aromatic heterocycles. The van der Waals surface area contributed by atoms with E-state index in [1.807, 2.05) is 0 Å². The van der Waals surface area contributed by atoms with Crippen molar-refractivity contribution >= 4 is 29.3 Å². The molecule has 0 radical (unpaired) electrons. The fourth-order valence-corrected chi connectivity index (χ4v) is 2.87. The van der Waals surface area contributed by atoms with Crippen molar-refractivity contribution < 1.29 is 23.5 Å². The summed E-state index contributed by atoms with van der Waals surface area (Å²) in [6, 6.07) is 2.84. The number of nitrogens with zero attached hydrogens (tertiary/aromatic N) is 2. The number of benzene rings is 1. The second-order valence-corrected chi connectivity index (χ2v) is 5.49. The van der Waals surface area contributed by atoms with Gasteiger partial charge in [0.25, 0.3) is 5.91 Å². The zero-order valence-electron chi connectivity index (χ0n) is 12.8. The van der Waals surface area contributed by atoms with Gasteiger partial charge in [-0.3, -0.25) is 14.5 Å². The van der Waals surface area contributed by atoms with Gasteiger partial charge in [0.2, 0.25) is 5.91 Å². The van der Waals surface area contributed by atoms with Crippen LogP contribution in [0.4, 0.5) is 20.6 Å². The molecule has 1 fully saturated rings. The highest BCUT2D eigenvalue weighted by Gasteiger charge is 2.37. The van der Waals surface area contributed by atoms with E-state index in [2.05, 4.69) is 5.32 Å². The SMILES string of the molecule is CNC(=O)[C@H]1CN(c2cc(F)c3c(c2)CCC(=O)N3C)C(=O)O1. The predicted molar refractivity (Wildman–Crippen MR) is 79.8 cm³/mol. The molecule has 1 aromatic rings. The fraction of sp³-hybridized carbons (Fsp3) is 0.400. The Kier molecular flexibility index (Phi) is 3.67. The standard InChI is InChI=1S/C15H16FN3O4/c1-17-14(21)11-7-19(15(22)23-11)9-5-8-3-4-12(20)18(2)13(8)10(16)6-9/h5-6,11H,3-4,7H2,1-2H3,(H,17,21)/t11-/m1/s1. The molecule has 8 heteroatoms. The van der Waals surface area contributed by atoms with Gasteiger partial charge < -0.3 is 15.0 Å². The summed E-state index contributed by atoms with van der Waals surface area (Å²) in [4.78, 5) is 37.7. The van der Waals surface area contributed by atoms with Gasteiger partial charge in [0.15, 0.2) is 6.10 Å². The zero-order valence-corrected chi connectivity index (χ0v) is 12.8. The number of amides is 3. The van der Waals surface area contributed by atoms with Gasteiger partial charge in [0, 0.05) is 20.5 Å². The maximum atomic E-state index is 14.4. The molecule has 7 nitrogen and oxygen atoms in total. The highest BCUT2D eigenvalue weighted by molar-refractivity contribution is 5.98. The van der Waals surface area contributed by atoms with Crippen molar-refractivity contribution in [2.75, 3.05) is 30.4 Å². The van der Waals surface area contributed by atoms with E-state index in [4.69, 9.17) is 4.74 Å². The molecule has 0 bridgehead atoms. The van der Waals surface area contributed by atoms with Gasteiger partial charge in [0.1, 0.15) is 5.82 Å². The van der Waals surface area contributed by atoms with E-state index in [1.165, 1.54) is 30.0 Å². The van der Waals surface area contributed by atoms with Crippen LogP contribution in [-0.4, -0.2) is 44.7 Å². The zero-order chi connectivity index (χ0) is 16.7. The molecule has 23 heavy (non-hydrogen) atoms. The highest BCUT2D eigenvalue weighted by Crippen LogP contribution is 2.34. The van der Waals surface area contributed by atoms with Gasteiger partial charge in [-0.2, -0.15) is 0 Å². The highest BCUT2D eigenvalue weighted by atomic mass is 19.1. The van der Waals surface area contributed by atoms with Crippen molar-refractivity contribution in [3.63, 3.8) is 0 Å². The first-order chi connectivity index (χ1) is 10.9. The molecule has 2 aliphatic rings. The first-order valence-electron chi connectivity index (χ1n) is 7.21. The Labute approximate surface area is 132 Å². The van der Waals surface area contributed by atoms with Gasteiger partial charge in [-0.05, 0) is 24.1 Å².